The zero-order valence-corrected chi connectivity index (χ0v) is 34.6. The van der Waals surface area contributed by atoms with E-state index < -0.39 is 54.1 Å². The molecule has 18 unspecified atom stereocenters. The molecule has 5 aliphatic heterocycles. The van der Waals surface area contributed by atoms with Gasteiger partial charge >= 0.3 is 5.97 Å². The van der Waals surface area contributed by atoms with E-state index in [1.54, 1.807) is 0 Å². The monoisotopic (exact) mass is 800 g/mol. The van der Waals surface area contributed by atoms with Crippen LogP contribution in [0.2, 0.25) is 0 Å². The van der Waals surface area contributed by atoms with Crippen molar-refractivity contribution in [2.75, 3.05) is 32.8 Å². The topological polar surface area (TPSA) is 220 Å². The molecule has 0 radical (unpaired) electrons. The van der Waals surface area contributed by atoms with E-state index in [0.717, 1.165) is 64.6 Å². The number of fused-ring (bicyclic) bond motifs is 3. The second-order valence-corrected chi connectivity index (χ2v) is 19.0. The summed E-state index contributed by atoms with van der Waals surface area (Å²) in [6.07, 6.45) is 6.11. The van der Waals surface area contributed by atoms with Crippen LogP contribution in [0.3, 0.4) is 0 Å². The van der Waals surface area contributed by atoms with Crippen molar-refractivity contribution < 1.29 is 49.8 Å². The zero-order valence-electron chi connectivity index (χ0n) is 34.6. The summed E-state index contributed by atoms with van der Waals surface area (Å²) in [5.41, 5.74) is 12.6. The second-order valence-electron chi connectivity index (χ2n) is 19.0. The van der Waals surface area contributed by atoms with Gasteiger partial charge in [0.15, 0.2) is 0 Å². The molecule has 13 heteroatoms. The van der Waals surface area contributed by atoms with E-state index >= 15 is 0 Å². The number of esters is 1. The molecule has 7 rings (SSSR count). The average Bonchev–Trinajstić information content (AvgIpc) is 3.19. The molecule has 0 aromatic heterocycles. The van der Waals surface area contributed by atoms with Crippen LogP contribution < -0.4 is 27.4 Å². The van der Waals surface area contributed by atoms with E-state index in [2.05, 4.69) is 41.6 Å². The molecule has 0 amide bonds. The first-order valence-electron chi connectivity index (χ1n) is 22.5. The first-order valence-corrected chi connectivity index (χ1v) is 22.5. The van der Waals surface area contributed by atoms with Gasteiger partial charge in [-0.2, -0.15) is 0 Å². The van der Waals surface area contributed by atoms with Crippen LogP contribution in [0, 0.1) is 65.1 Å². The van der Waals surface area contributed by atoms with Gasteiger partial charge in [-0.1, -0.05) is 18.4 Å². The van der Waals surface area contributed by atoms with Gasteiger partial charge in [-0.15, -0.1) is 5.92 Å². The fourth-order valence-electron chi connectivity index (χ4n) is 12.4. The maximum absolute atomic E-state index is 14.3. The summed E-state index contributed by atoms with van der Waals surface area (Å²) in [5, 5.41) is 41.8. The number of nitrogens with one attached hydrogen (secondary N) is 1. The summed E-state index contributed by atoms with van der Waals surface area (Å²) in [7, 11) is 0. The smallest absolute Gasteiger partial charge is 0.339 e. The third kappa shape index (κ3) is 9.07. The number of hydrogen-bond donors (Lipinski definition) is 8. The molecule has 2 bridgehead atoms. The number of aliphatic hydroxyl groups excluding tert-OH is 3. The Kier molecular flexibility index (Phi) is 14.2. The highest BCUT2D eigenvalue weighted by molar-refractivity contribution is 5.88. The number of likely N-dealkylation sites (N-methyl/N-ethyl adjacent to an activating group) is 1. The molecular formula is C44H73N5O8+2. The van der Waals surface area contributed by atoms with Gasteiger partial charge in [0.2, 0.25) is 0 Å². The van der Waals surface area contributed by atoms with Crippen LogP contribution in [0.5, 0.6) is 0 Å². The van der Waals surface area contributed by atoms with Crippen LogP contribution in [0.25, 0.3) is 0 Å². The molecule has 13 nitrogen and oxygen atoms in total. The number of ketones is 1. The van der Waals surface area contributed by atoms with Gasteiger partial charge in [-0.3, -0.25) is 10.5 Å². The molecule has 0 spiro atoms. The van der Waals surface area contributed by atoms with Gasteiger partial charge in [0.05, 0.1) is 67.9 Å². The quantitative estimate of drug-likeness (QED) is 0.0812. The average molecular weight is 800 g/mol. The van der Waals surface area contributed by atoms with E-state index in [1.165, 1.54) is 0 Å². The maximum Gasteiger partial charge on any atom is 0.339 e. The molecule has 6 fully saturated rings. The number of nitrogens with two attached hydrogens (primary N) is 4. The predicted molar refractivity (Wildman–Crippen MR) is 212 cm³/mol. The number of carbonyl (C=O) groups excluding carboxylic acids is 2. The van der Waals surface area contributed by atoms with Crippen LogP contribution >= 0.6 is 0 Å². The van der Waals surface area contributed by atoms with Crippen molar-refractivity contribution in [2.45, 2.75) is 152 Å². The van der Waals surface area contributed by atoms with Crippen LogP contribution in [-0.4, -0.2) is 114 Å². The van der Waals surface area contributed by atoms with Gasteiger partial charge in [-0.05, 0) is 96.4 Å². The summed E-state index contributed by atoms with van der Waals surface area (Å²) < 4.78 is 21.2. The minimum Gasteiger partial charge on any atom is -0.456 e. The molecule has 18 atom stereocenters. The Labute approximate surface area is 339 Å². The number of quaternary nitrogens is 2. The second kappa shape index (κ2) is 18.8. The van der Waals surface area contributed by atoms with Crippen LogP contribution in [0.15, 0.2) is 11.6 Å². The lowest BCUT2D eigenvalue weighted by Gasteiger charge is -2.62. The summed E-state index contributed by atoms with van der Waals surface area (Å²) in [4.78, 5) is 28.3. The number of carbonyl (C=O) groups is 2. The normalized spacial score (nSPS) is 46.6. The Morgan fingerprint density at radius 1 is 1.11 bits per heavy atom. The molecule has 5 heterocycles. The van der Waals surface area contributed by atoms with Crippen molar-refractivity contribution in [1.29, 1.82) is 0 Å². The van der Waals surface area contributed by atoms with Crippen molar-refractivity contribution in [1.82, 2.24) is 5.32 Å². The summed E-state index contributed by atoms with van der Waals surface area (Å²) in [5.74, 6) is 5.72. The van der Waals surface area contributed by atoms with Gasteiger partial charge in [0.1, 0.15) is 30.2 Å². The van der Waals surface area contributed by atoms with Gasteiger partial charge < -0.3 is 51.2 Å². The lowest BCUT2D eigenvalue weighted by molar-refractivity contribution is -0.703. The number of aliphatic hydroxyl groups is 3. The predicted octanol–water partition coefficient (Wildman–Crippen LogP) is -0.343. The van der Waals surface area contributed by atoms with Crippen LogP contribution in [0.4, 0.5) is 0 Å². The Balaban J connectivity index is 1.38. The first-order chi connectivity index (χ1) is 27.4. The van der Waals surface area contributed by atoms with Crippen molar-refractivity contribution in [2.24, 2.45) is 64.7 Å². The number of ether oxygens (including phenoxy) is 3. The van der Waals surface area contributed by atoms with Gasteiger partial charge in [0.25, 0.3) is 0 Å². The lowest BCUT2D eigenvalue weighted by Crippen LogP contribution is -2.95. The van der Waals surface area contributed by atoms with E-state index in [-0.39, 0.29) is 72.6 Å². The van der Waals surface area contributed by atoms with Crippen molar-refractivity contribution in [3.8, 4) is 11.8 Å². The summed E-state index contributed by atoms with van der Waals surface area (Å²) in [6.45, 7) is 8.69. The van der Waals surface area contributed by atoms with Gasteiger partial charge in [0, 0.05) is 48.9 Å². The van der Waals surface area contributed by atoms with E-state index in [1.807, 2.05) is 13.0 Å². The minimum absolute atomic E-state index is 0.0273. The van der Waals surface area contributed by atoms with E-state index in [4.69, 9.17) is 25.7 Å². The molecular weight excluding hydrogens is 727 g/mol. The van der Waals surface area contributed by atoms with E-state index in [9.17, 15) is 24.9 Å². The molecule has 0 aromatic rings. The van der Waals surface area contributed by atoms with Crippen molar-refractivity contribution in [3.63, 3.8) is 0 Å². The number of allylic oxidation sites excluding steroid dienone is 1. The highest BCUT2D eigenvalue weighted by Crippen LogP contribution is 2.57. The molecule has 0 aromatic carbocycles. The molecule has 2 saturated carbocycles. The number of piperidine rings is 2. The SMILES string of the molecule is CC=C(C[NH2+]CC)C(=O)OC1CC2C(O)C3C(=O)CC(CO)OC3C3C2OC1(C)C(CC1CCC(N)[NH2+]C1)CC#CC(C1CCCC(O)C1)C3C1CCNC(N)C1. The third-order valence-corrected chi connectivity index (χ3v) is 15.5. The Morgan fingerprint density at radius 2 is 1.93 bits per heavy atom. The molecule has 7 aliphatic rings. The largest absolute Gasteiger partial charge is 0.456 e. The summed E-state index contributed by atoms with van der Waals surface area (Å²) >= 11 is 0. The highest BCUT2D eigenvalue weighted by Gasteiger charge is 2.65. The van der Waals surface area contributed by atoms with Crippen molar-refractivity contribution in [3.05, 3.63) is 11.6 Å². The fourth-order valence-corrected chi connectivity index (χ4v) is 12.4. The Morgan fingerprint density at radius 3 is 2.63 bits per heavy atom. The maximum atomic E-state index is 14.3. The Bertz CT molecular complexity index is 1500. The lowest BCUT2D eigenvalue weighted by atomic mass is 9.53. The highest BCUT2D eigenvalue weighted by atomic mass is 16.6. The van der Waals surface area contributed by atoms with E-state index in [0.29, 0.717) is 43.7 Å². The standard InChI is InChI=1S/C44H71N5O8/c1-4-25(22-47-5-2)43(54)56-34-20-32-40(53)38-33(52)19-30(23-50)55-42(38)39-37(27-14-15-48-36(46)18-27)31(26-8-6-10-29(51)17-26)11-7-9-28(44(34,3)57-41(32)39)16-24-12-13-35(45)49-21-24/h4,24,26-32,34-42,47-51,53H,5-6,8-10,12-23,45-46H2,1-3H3/p+2. The number of rotatable bonds is 10. The fraction of sp³-hybridized carbons (Fsp3) is 0.864. The van der Waals surface area contributed by atoms with Gasteiger partial charge in [-0.25, -0.2) is 4.79 Å². The van der Waals surface area contributed by atoms with Crippen LogP contribution in [-0.2, 0) is 23.8 Å². The number of Topliss-reactive ketones (excluding diaryl/α,β-unsaturated/α-hetero) is 1. The van der Waals surface area contributed by atoms with Crippen LogP contribution in [0.1, 0.15) is 97.8 Å². The first kappa shape index (κ1) is 43.1. The third-order valence-electron chi connectivity index (χ3n) is 15.5. The molecule has 4 saturated heterocycles. The zero-order chi connectivity index (χ0) is 40.4. The molecule has 12 N–H and O–H groups in total. The van der Waals surface area contributed by atoms with Crippen molar-refractivity contribution >= 4 is 11.8 Å². The minimum atomic E-state index is -1.09. The summed E-state index contributed by atoms with van der Waals surface area (Å²) in [6, 6.07) is 0. The Hall–Kier alpha value is -1.96. The molecule has 320 valence electrons. The molecule has 2 aliphatic carbocycles. The number of hydrogen-bond acceptors (Lipinski definition) is 11. The molecule has 57 heavy (non-hydrogen) atoms.